The monoisotopic (exact) mass is 325 g/mol. The molecular formula is C13H28NO6P. The molecule has 0 radical (unpaired) electrons. The Morgan fingerprint density at radius 1 is 1.29 bits per heavy atom. The number of rotatable bonds is 8. The van der Waals surface area contributed by atoms with Crippen molar-refractivity contribution in [3.63, 3.8) is 0 Å². The third kappa shape index (κ3) is 8.53. The zero-order valence-corrected chi connectivity index (χ0v) is 14.6. The van der Waals surface area contributed by atoms with E-state index in [0.29, 0.717) is 6.54 Å². The molecule has 0 aliphatic heterocycles. The number of carbonyl (C=O) groups is 1. The van der Waals surface area contributed by atoms with E-state index in [1.54, 1.807) is 34.6 Å². The van der Waals surface area contributed by atoms with E-state index >= 15 is 0 Å². The van der Waals surface area contributed by atoms with Gasteiger partial charge in [-0.3, -0.25) is 13.8 Å². The third-order valence-electron chi connectivity index (χ3n) is 2.53. The van der Waals surface area contributed by atoms with Crippen LogP contribution in [0.5, 0.6) is 0 Å². The fourth-order valence-electron chi connectivity index (χ4n) is 1.40. The minimum absolute atomic E-state index is 0.294. The fourth-order valence-corrected chi connectivity index (χ4v) is 2.64. The first-order valence-corrected chi connectivity index (χ1v) is 8.44. The van der Waals surface area contributed by atoms with Crippen LogP contribution >= 0.6 is 7.82 Å². The lowest BCUT2D eigenvalue weighted by Gasteiger charge is -2.31. The summed E-state index contributed by atoms with van der Waals surface area (Å²) < 4.78 is 21.6. The second-order valence-electron chi connectivity index (χ2n) is 6.63. The van der Waals surface area contributed by atoms with Gasteiger partial charge < -0.3 is 15.3 Å². The number of aliphatic hydroxyl groups is 1. The predicted octanol–water partition coefficient (Wildman–Crippen LogP) is 1.83. The van der Waals surface area contributed by atoms with E-state index in [9.17, 15) is 19.4 Å². The average molecular weight is 325 g/mol. The van der Waals surface area contributed by atoms with Crippen molar-refractivity contribution >= 4 is 13.7 Å². The van der Waals surface area contributed by atoms with Crippen molar-refractivity contribution < 1.29 is 28.4 Å². The Hall–Kier alpha value is -0.460. The first-order valence-electron chi connectivity index (χ1n) is 6.94. The van der Waals surface area contributed by atoms with Crippen molar-refractivity contribution in [3.8, 4) is 0 Å². The van der Waals surface area contributed by atoms with Gasteiger partial charge in [-0.1, -0.05) is 20.8 Å². The molecule has 8 heteroatoms. The lowest BCUT2D eigenvalue weighted by atomic mass is 9.87. The molecule has 21 heavy (non-hydrogen) atoms. The van der Waals surface area contributed by atoms with E-state index in [1.807, 2.05) is 6.92 Å². The Labute approximate surface area is 126 Å². The molecule has 0 aromatic heterocycles. The van der Waals surface area contributed by atoms with E-state index in [0.717, 1.165) is 6.42 Å². The zero-order chi connectivity index (χ0) is 16.9. The Morgan fingerprint density at radius 2 is 1.81 bits per heavy atom. The molecule has 0 rings (SSSR count). The summed E-state index contributed by atoms with van der Waals surface area (Å²) in [6, 6.07) is 0. The minimum Gasteiger partial charge on any atom is -0.383 e. The first kappa shape index (κ1) is 20.5. The largest absolute Gasteiger partial charge is 0.472 e. The van der Waals surface area contributed by atoms with Crippen LogP contribution in [-0.2, 0) is 18.4 Å². The molecule has 0 aromatic carbocycles. The highest BCUT2D eigenvalue weighted by Gasteiger charge is 2.37. The van der Waals surface area contributed by atoms with Crippen LogP contribution in [0, 0.1) is 5.41 Å². The Kier molecular flexibility index (Phi) is 7.53. The van der Waals surface area contributed by atoms with Gasteiger partial charge in [0.15, 0.2) is 0 Å². The Bertz CT molecular complexity index is 391. The van der Waals surface area contributed by atoms with E-state index in [1.165, 1.54) is 0 Å². The maximum absolute atomic E-state index is 11.8. The molecular weight excluding hydrogens is 297 g/mol. The van der Waals surface area contributed by atoms with Crippen molar-refractivity contribution in [1.29, 1.82) is 0 Å². The molecule has 0 heterocycles. The SMILES string of the molecule is CCCNC(=O)C(O)C(C)(C)COP(=O)(O)OC(C)(C)C. The number of aliphatic hydroxyl groups excluding tert-OH is 1. The van der Waals surface area contributed by atoms with E-state index in [-0.39, 0.29) is 6.61 Å². The average Bonchev–Trinajstić information content (AvgIpc) is 2.30. The molecule has 126 valence electrons. The number of carbonyl (C=O) groups excluding carboxylic acids is 1. The van der Waals surface area contributed by atoms with Crippen LogP contribution in [0.25, 0.3) is 0 Å². The standard InChI is InChI=1S/C13H28NO6P/c1-7-8-14-11(16)10(15)13(5,6)9-19-21(17,18)20-12(2,3)4/h10,15H,7-9H2,1-6H3,(H,14,16)(H,17,18). The second kappa shape index (κ2) is 7.70. The van der Waals surface area contributed by atoms with Gasteiger partial charge >= 0.3 is 7.82 Å². The van der Waals surface area contributed by atoms with E-state index in [2.05, 4.69) is 5.32 Å². The number of hydrogen-bond donors (Lipinski definition) is 3. The number of hydrogen-bond acceptors (Lipinski definition) is 5. The van der Waals surface area contributed by atoms with Gasteiger partial charge in [-0.25, -0.2) is 4.57 Å². The van der Waals surface area contributed by atoms with E-state index in [4.69, 9.17) is 9.05 Å². The lowest BCUT2D eigenvalue weighted by Crippen LogP contribution is -2.46. The van der Waals surface area contributed by atoms with Gasteiger partial charge in [0.25, 0.3) is 0 Å². The van der Waals surface area contributed by atoms with Gasteiger partial charge in [-0.2, -0.15) is 0 Å². The molecule has 0 aliphatic carbocycles. The highest BCUT2D eigenvalue weighted by atomic mass is 31.2. The number of nitrogens with one attached hydrogen (secondary N) is 1. The highest BCUT2D eigenvalue weighted by molar-refractivity contribution is 7.47. The lowest BCUT2D eigenvalue weighted by molar-refractivity contribution is -0.137. The maximum atomic E-state index is 11.8. The van der Waals surface area contributed by atoms with Gasteiger partial charge in [0, 0.05) is 12.0 Å². The summed E-state index contributed by atoms with van der Waals surface area (Å²) >= 11 is 0. The molecule has 2 atom stereocenters. The molecule has 0 bridgehead atoms. The summed E-state index contributed by atoms with van der Waals surface area (Å²) in [5.41, 5.74) is -1.87. The van der Waals surface area contributed by atoms with E-state index < -0.39 is 30.8 Å². The van der Waals surface area contributed by atoms with Gasteiger partial charge in [-0.15, -0.1) is 0 Å². The first-order chi connectivity index (χ1) is 9.31. The Morgan fingerprint density at radius 3 is 2.24 bits per heavy atom. The van der Waals surface area contributed by atoms with Crippen molar-refractivity contribution in [2.75, 3.05) is 13.2 Å². The molecule has 0 aromatic rings. The minimum atomic E-state index is -4.24. The van der Waals surface area contributed by atoms with Crippen LogP contribution in [0.15, 0.2) is 0 Å². The molecule has 0 fully saturated rings. The quantitative estimate of drug-likeness (QED) is 0.588. The predicted molar refractivity (Wildman–Crippen MR) is 79.7 cm³/mol. The Balaban J connectivity index is 4.60. The second-order valence-corrected chi connectivity index (χ2v) is 8.01. The van der Waals surface area contributed by atoms with Crippen molar-refractivity contribution in [2.45, 2.75) is 59.7 Å². The van der Waals surface area contributed by atoms with Gasteiger partial charge in [0.1, 0.15) is 6.10 Å². The fraction of sp³-hybridized carbons (Fsp3) is 0.923. The van der Waals surface area contributed by atoms with Crippen molar-refractivity contribution in [3.05, 3.63) is 0 Å². The maximum Gasteiger partial charge on any atom is 0.472 e. The highest BCUT2D eigenvalue weighted by Crippen LogP contribution is 2.48. The van der Waals surface area contributed by atoms with Gasteiger partial charge in [0.2, 0.25) is 5.91 Å². The zero-order valence-electron chi connectivity index (χ0n) is 13.7. The van der Waals surface area contributed by atoms with Gasteiger partial charge in [-0.05, 0) is 27.2 Å². The van der Waals surface area contributed by atoms with Gasteiger partial charge in [0.05, 0.1) is 12.2 Å². The van der Waals surface area contributed by atoms with Crippen LogP contribution in [-0.4, -0.2) is 40.8 Å². The summed E-state index contributed by atoms with van der Waals surface area (Å²) in [5.74, 6) is -0.532. The smallest absolute Gasteiger partial charge is 0.383 e. The van der Waals surface area contributed by atoms with Crippen LogP contribution in [0.1, 0.15) is 48.0 Å². The molecule has 2 unspecified atom stereocenters. The summed E-state index contributed by atoms with van der Waals surface area (Å²) in [7, 11) is -4.24. The number of phosphoric acid groups is 1. The van der Waals surface area contributed by atoms with Crippen molar-refractivity contribution in [2.24, 2.45) is 5.41 Å². The van der Waals surface area contributed by atoms with Crippen LogP contribution in [0.3, 0.4) is 0 Å². The molecule has 3 N–H and O–H groups in total. The molecule has 0 saturated carbocycles. The summed E-state index contributed by atoms with van der Waals surface area (Å²) in [5, 5.41) is 12.6. The number of amides is 1. The van der Waals surface area contributed by atoms with Crippen LogP contribution in [0.4, 0.5) is 0 Å². The normalized spacial score (nSPS) is 17.1. The van der Waals surface area contributed by atoms with Crippen LogP contribution < -0.4 is 5.32 Å². The topological polar surface area (TPSA) is 105 Å². The molecule has 0 aliphatic rings. The molecule has 7 nitrogen and oxygen atoms in total. The van der Waals surface area contributed by atoms with Crippen LogP contribution in [0.2, 0.25) is 0 Å². The van der Waals surface area contributed by atoms with Crippen molar-refractivity contribution in [1.82, 2.24) is 5.32 Å². The summed E-state index contributed by atoms with van der Waals surface area (Å²) in [6.45, 7) is 10.1. The molecule has 0 saturated heterocycles. The molecule has 1 amide bonds. The summed E-state index contributed by atoms with van der Waals surface area (Å²) in [6.07, 6.45) is -0.598. The summed E-state index contributed by atoms with van der Waals surface area (Å²) in [4.78, 5) is 21.3. The number of phosphoric ester groups is 1. The third-order valence-corrected chi connectivity index (χ3v) is 3.76. The molecule has 0 spiro atoms.